The van der Waals surface area contributed by atoms with Crippen molar-refractivity contribution in [2.75, 3.05) is 0 Å². The lowest BCUT2D eigenvalue weighted by atomic mass is 9.65. The molecule has 0 aliphatic heterocycles. The third-order valence-electron chi connectivity index (χ3n) is 3.73. The fourth-order valence-corrected chi connectivity index (χ4v) is 2.55. The molecule has 1 rings (SSSR count). The van der Waals surface area contributed by atoms with Crippen LogP contribution >= 0.6 is 0 Å². The molecule has 1 aromatic carbocycles. The normalized spacial score (nSPS) is 11.4. The average molecular weight is 274 g/mol. The maximum absolute atomic E-state index is 12.8. The van der Waals surface area contributed by atoms with E-state index in [0.717, 1.165) is 0 Å². The third-order valence-corrected chi connectivity index (χ3v) is 3.73. The fourth-order valence-electron chi connectivity index (χ4n) is 2.55. The van der Waals surface area contributed by atoms with Gasteiger partial charge in [0, 0.05) is 6.07 Å². The summed E-state index contributed by atoms with van der Waals surface area (Å²) in [5.74, 6) is -0.947. The van der Waals surface area contributed by atoms with Crippen LogP contribution in [0.3, 0.4) is 0 Å². The van der Waals surface area contributed by atoms with Crippen LogP contribution in [0.4, 0.5) is 5.69 Å². The van der Waals surface area contributed by atoms with E-state index in [4.69, 9.17) is 0 Å². The van der Waals surface area contributed by atoms with Crippen LogP contribution in [0, 0.1) is 38.7 Å². The van der Waals surface area contributed by atoms with Crippen molar-refractivity contribution in [2.45, 2.75) is 27.7 Å². The van der Waals surface area contributed by atoms with Crippen LogP contribution in [0.5, 0.6) is 0 Å². The number of nitro groups is 1. The third kappa shape index (κ3) is 2.42. The summed E-state index contributed by atoms with van der Waals surface area (Å²) in [6, 6.07) is 7.89. The molecule has 5 heteroatoms. The molecule has 0 amide bonds. The second kappa shape index (κ2) is 5.83. The topological polar surface area (TPSA) is 84.0 Å². The van der Waals surface area contributed by atoms with Crippen LogP contribution in [0.25, 0.3) is 0 Å². The van der Waals surface area contributed by atoms with Crippen molar-refractivity contribution in [3.8, 4) is 6.07 Å². The van der Waals surface area contributed by atoms with E-state index >= 15 is 0 Å². The van der Waals surface area contributed by atoms with Gasteiger partial charge >= 0.3 is 0 Å². The maximum atomic E-state index is 12.8. The molecule has 0 unspecified atom stereocenters. The highest BCUT2D eigenvalue weighted by molar-refractivity contribution is 6.05. The summed E-state index contributed by atoms with van der Waals surface area (Å²) in [6.45, 7) is 7.15. The van der Waals surface area contributed by atoms with Crippen LogP contribution in [-0.4, -0.2) is 10.7 Å². The first kappa shape index (κ1) is 15.8. The maximum Gasteiger partial charge on any atom is 0.280 e. The van der Waals surface area contributed by atoms with Gasteiger partial charge in [0.25, 0.3) is 5.69 Å². The van der Waals surface area contributed by atoms with E-state index in [-0.39, 0.29) is 23.1 Å². The average Bonchev–Trinajstić information content (AvgIpc) is 2.39. The number of hydrogen-bond acceptors (Lipinski definition) is 4. The SMILES string of the molecule is CC(C)C(C#N)(C(=O)c1ccccc1[N+](=O)[O-])C(C)C. The molecule has 5 nitrogen and oxygen atoms in total. The number of hydrogen-bond donors (Lipinski definition) is 0. The highest BCUT2D eigenvalue weighted by atomic mass is 16.6. The summed E-state index contributed by atoms with van der Waals surface area (Å²) in [7, 11) is 0. The van der Waals surface area contributed by atoms with Crippen molar-refractivity contribution >= 4 is 11.5 Å². The zero-order chi connectivity index (χ0) is 15.5. The molecule has 0 N–H and O–H groups in total. The van der Waals surface area contributed by atoms with Crippen molar-refractivity contribution in [1.82, 2.24) is 0 Å². The molecule has 0 fully saturated rings. The summed E-state index contributed by atoms with van der Waals surface area (Å²) in [6.07, 6.45) is 0. The molecule has 0 saturated carbocycles. The number of nitro benzene ring substituents is 1. The number of Topliss-reactive ketones (excluding diaryl/α,β-unsaturated/α-hetero) is 1. The molecular formula is C15H18N2O3. The highest BCUT2D eigenvalue weighted by Gasteiger charge is 2.46. The van der Waals surface area contributed by atoms with E-state index in [9.17, 15) is 20.2 Å². The first-order valence-corrected chi connectivity index (χ1v) is 6.48. The van der Waals surface area contributed by atoms with Crippen molar-refractivity contribution < 1.29 is 9.72 Å². The van der Waals surface area contributed by atoms with Crippen LogP contribution < -0.4 is 0 Å². The van der Waals surface area contributed by atoms with Crippen molar-refractivity contribution in [3.05, 3.63) is 39.9 Å². The summed E-state index contributed by atoms with van der Waals surface area (Å²) < 4.78 is 0. The van der Waals surface area contributed by atoms with Gasteiger partial charge in [-0.3, -0.25) is 14.9 Å². The Morgan fingerprint density at radius 2 is 1.75 bits per heavy atom. The Morgan fingerprint density at radius 1 is 1.25 bits per heavy atom. The molecule has 0 spiro atoms. The Kier molecular flexibility index (Phi) is 4.61. The molecule has 0 aliphatic rings. The van der Waals surface area contributed by atoms with Gasteiger partial charge in [-0.25, -0.2) is 0 Å². The lowest BCUT2D eigenvalue weighted by Crippen LogP contribution is -2.40. The van der Waals surface area contributed by atoms with E-state index in [2.05, 4.69) is 6.07 Å². The van der Waals surface area contributed by atoms with Crippen molar-refractivity contribution in [3.63, 3.8) is 0 Å². The highest BCUT2D eigenvalue weighted by Crippen LogP contribution is 2.40. The van der Waals surface area contributed by atoms with Crippen LogP contribution in [0.2, 0.25) is 0 Å². The van der Waals surface area contributed by atoms with Gasteiger partial charge in [0.05, 0.1) is 16.6 Å². The number of benzene rings is 1. The molecule has 0 bridgehead atoms. The second-order valence-electron chi connectivity index (χ2n) is 5.39. The molecule has 0 atom stereocenters. The Bertz CT molecular complexity index is 563. The van der Waals surface area contributed by atoms with Gasteiger partial charge in [0.15, 0.2) is 5.78 Å². The zero-order valence-electron chi connectivity index (χ0n) is 12.1. The van der Waals surface area contributed by atoms with E-state index in [1.54, 1.807) is 33.8 Å². The fraction of sp³-hybridized carbons (Fsp3) is 0.467. The Labute approximate surface area is 118 Å². The Morgan fingerprint density at radius 3 is 2.15 bits per heavy atom. The van der Waals surface area contributed by atoms with Crippen molar-refractivity contribution in [2.24, 2.45) is 17.3 Å². The molecule has 0 aliphatic carbocycles. The van der Waals surface area contributed by atoms with Gasteiger partial charge in [0.2, 0.25) is 0 Å². The monoisotopic (exact) mass is 274 g/mol. The minimum Gasteiger partial charge on any atom is -0.292 e. The molecule has 0 radical (unpaired) electrons. The van der Waals surface area contributed by atoms with Crippen LogP contribution in [0.1, 0.15) is 38.1 Å². The lowest BCUT2D eigenvalue weighted by Gasteiger charge is -2.32. The number of nitriles is 1. The smallest absolute Gasteiger partial charge is 0.280 e. The summed E-state index contributed by atoms with van der Waals surface area (Å²) in [4.78, 5) is 23.2. The number of ketones is 1. The van der Waals surface area contributed by atoms with Gasteiger partial charge in [0.1, 0.15) is 5.41 Å². The van der Waals surface area contributed by atoms with Gasteiger partial charge in [-0.15, -0.1) is 0 Å². The number of rotatable bonds is 5. The largest absolute Gasteiger partial charge is 0.292 e. The predicted octanol–water partition coefficient (Wildman–Crippen LogP) is 3.60. The number of para-hydroxylation sites is 1. The molecule has 0 saturated heterocycles. The van der Waals surface area contributed by atoms with Crippen molar-refractivity contribution in [1.29, 1.82) is 5.26 Å². The first-order valence-electron chi connectivity index (χ1n) is 6.48. The zero-order valence-corrected chi connectivity index (χ0v) is 12.1. The van der Waals surface area contributed by atoms with E-state index < -0.39 is 16.1 Å². The van der Waals surface area contributed by atoms with E-state index in [1.807, 2.05) is 0 Å². The molecule has 20 heavy (non-hydrogen) atoms. The molecule has 0 aromatic heterocycles. The number of nitrogens with zero attached hydrogens (tertiary/aromatic N) is 2. The quantitative estimate of drug-likeness (QED) is 0.466. The number of carbonyl (C=O) groups is 1. The first-order chi connectivity index (χ1) is 9.28. The molecule has 1 aromatic rings. The van der Waals surface area contributed by atoms with E-state index in [0.29, 0.717) is 0 Å². The van der Waals surface area contributed by atoms with Crippen LogP contribution in [0.15, 0.2) is 24.3 Å². The minimum absolute atomic E-state index is 0.00134. The second-order valence-corrected chi connectivity index (χ2v) is 5.39. The summed E-state index contributed by atoms with van der Waals surface area (Å²) in [5, 5.41) is 20.6. The summed E-state index contributed by atoms with van der Waals surface area (Å²) >= 11 is 0. The predicted molar refractivity (Wildman–Crippen MR) is 75.1 cm³/mol. The summed E-state index contributed by atoms with van der Waals surface area (Å²) in [5.41, 5.74) is -1.51. The Hall–Kier alpha value is -2.22. The molecular weight excluding hydrogens is 256 g/mol. The lowest BCUT2D eigenvalue weighted by molar-refractivity contribution is -0.385. The van der Waals surface area contributed by atoms with Gasteiger partial charge in [-0.2, -0.15) is 5.26 Å². The molecule has 0 heterocycles. The van der Waals surface area contributed by atoms with Crippen LogP contribution in [-0.2, 0) is 0 Å². The molecule has 106 valence electrons. The number of carbonyl (C=O) groups excluding carboxylic acids is 1. The standard InChI is InChI=1S/C15H18N2O3/c1-10(2)15(9-16,11(3)4)14(18)12-7-5-6-8-13(12)17(19)20/h5-8,10-11H,1-4H3. The van der Waals surface area contributed by atoms with Gasteiger partial charge < -0.3 is 0 Å². The van der Waals surface area contributed by atoms with E-state index in [1.165, 1.54) is 18.2 Å². The Balaban J connectivity index is 3.50. The van der Waals surface area contributed by atoms with Gasteiger partial charge in [-0.1, -0.05) is 39.8 Å². The minimum atomic E-state index is -1.26. The van der Waals surface area contributed by atoms with Gasteiger partial charge in [-0.05, 0) is 17.9 Å².